The van der Waals surface area contributed by atoms with Crippen LogP contribution >= 0.6 is 24.0 Å². The van der Waals surface area contributed by atoms with E-state index in [0.717, 1.165) is 11.1 Å². The molecule has 0 saturated carbocycles. The molecule has 0 spiro atoms. The van der Waals surface area contributed by atoms with Gasteiger partial charge in [-0.05, 0) is 23.3 Å². The molecule has 0 fully saturated rings. The van der Waals surface area contributed by atoms with E-state index in [1.807, 2.05) is 48.5 Å². The molecule has 0 saturated heterocycles. The predicted octanol–water partition coefficient (Wildman–Crippen LogP) is 3.59. The van der Waals surface area contributed by atoms with Crippen molar-refractivity contribution in [2.75, 3.05) is 13.7 Å². The van der Waals surface area contributed by atoms with Crippen LogP contribution in [0.3, 0.4) is 0 Å². The second-order valence-corrected chi connectivity index (χ2v) is 4.93. The van der Waals surface area contributed by atoms with Crippen molar-refractivity contribution in [3.63, 3.8) is 0 Å². The fourth-order valence-corrected chi connectivity index (χ4v) is 2.25. The zero-order chi connectivity index (χ0) is 14.4. The lowest BCUT2D eigenvalue weighted by Gasteiger charge is -2.12. The Morgan fingerprint density at radius 3 is 2.52 bits per heavy atom. The number of benzene rings is 2. The maximum absolute atomic E-state index is 10.0. The normalized spacial score (nSPS) is 11.6. The Balaban J connectivity index is 0.00000220. The summed E-state index contributed by atoms with van der Waals surface area (Å²) >= 11 is 6.06. The average molecular weight is 328 g/mol. The highest BCUT2D eigenvalue weighted by Crippen LogP contribution is 2.24. The van der Waals surface area contributed by atoms with E-state index < -0.39 is 6.10 Å². The van der Waals surface area contributed by atoms with Gasteiger partial charge in [0.05, 0.1) is 18.2 Å². The van der Waals surface area contributed by atoms with E-state index in [2.05, 4.69) is 5.32 Å². The fraction of sp³-hybridized carbons (Fsp3) is 0.250. The number of aliphatic hydroxyl groups excluding tert-OH is 1. The van der Waals surface area contributed by atoms with Crippen molar-refractivity contribution < 1.29 is 9.84 Å². The molecule has 1 unspecified atom stereocenters. The first-order chi connectivity index (χ1) is 9.70. The molecule has 5 heteroatoms. The molecule has 2 rings (SSSR count). The molecule has 0 amide bonds. The summed E-state index contributed by atoms with van der Waals surface area (Å²) in [5.74, 6) is 0.666. The zero-order valence-corrected chi connectivity index (χ0v) is 13.3. The minimum Gasteiger partial charge on any atom is -0.495 e. The predicted molar refractivity (Wildman–Crippen MR) is 88.4 cm³/mol. The minimum absolute atomic E-state index is 0. The van der Waals surface area contributed by atoms with Crippen LogP contribution in [0.15, 0.2) is 48.5 Å². The number of halogens is 2. The molecule has 1 atom stereocenters. The van der Waals surface area contributed by atoms with E-state index in [4.69, 9.17) is 16.3 Å². The largest absolute Gasteiger partial charge is 0.495 e. The van der Waals surface area contributed by atoms with Crippen LogP contribution in [0.25, 0.3) is 0 Å². The van der Waals surface area contributed by atoms with Gasteiger partial charge in [0.2, 0.25) is 0 Å². The number of hydrogen-bond donors (Lipinski definition) is 2. The summed E-state index contributed by atoms with van der Waals surface area (Å²) in [4.78, 5) is 0. The highest BCUT2D eigenvalue weighted by atomic mass is 35.5. The van der Waals surface area contributed by atoms with Gasteiger partial charge in [-0.1, -0.05) is 48.0 Å². The van der Waals surface area contributed by atoms with Gasteiger partial charge >= 0.3 is 0 Å². The van der Waals surface area contributed by atoms with Crippen molar-refractivity contribution in [2.45, 2.75) is 12.6 Å². The smallest absolute Gasteiger partial charge is 0.137 e. The Kier molecular flexibility index (Phi) is 7.54. The number of rotatable bonds is 6. The van der Waals surface area contributed by atoms with Crippen molar-refractivity contribution in [3.05, 3.63) is 64.7 Å². The summed E-state index contributed by atoms with van der Waals surface area (Å²) in [6.07, 6.45) is -0.509. The monoisotopic (exact) mass is 327 g/mol. The van der Waals surface area contributed by atoms with Crippen LogP contribution < -0.4 is 10.1 Å². The number of ether oxygens (including phenoxy) is 1. The van der Waals surface area contributed by atoms with Crippen LogP contribution in [0.5, 0.6) is 5.75 Å². The van der Waals surface area contributed by atoms with Gasteiger partial charge in [-0.25, -0.2) is 0 Å². The third-order valence-electron chi connectivity index (χ3n) is 3.07. The van der Waals surface area contributed by atoms with Gasteiger partial charge in [0.25, 0.3) is 0 Å². The maximum atomic E-state index is 10.0. The zero-order valence-electron chi connectivity index (χ0n) is 11.8. The lowest BCUT2D eigenvalue weighted by molar-refractivity contribution is 0.174. The number of hydrogen-bond acceptors (Lipinski definition) is 3. The Bertz CT molecular complexity index is 549. The second-order valence-electron chi connectivity index (χ2n) is 4.53. The molecule has 114 valence electrons. The van der Waals surface area contributed by atoms with E-state index in [1.54, 1.807) is 7.11 Å². The van der Waals surface area contributed by atoms with Gasteiger partial charge in [-0.15, -0.1) is 12.4 Å². The van der Waals surface area contributed by atoms with E-state index in [9.17, 15) is 5.11 Å². The first kappa shape index (κ1) is 17.8. The molecule has 0 heterocycles. The van der Waals surface area contributed by atoms with E-state index in [0.29, 0.717) is 23.9 Å². The Morgan fingerprint density at radius 1 is 1.19 bits per heavy atom. The van der Waals surface area contributed by atoms with Crippen molar-refractivity contribution in [1.82, 2.24) is 5.32 Å². The third-order valence-corrected chi connectivity index (χ3v) is 3.36. The number of aliphatic hydroxyl groups is 1. The molecule has 21 heavy (non-hydrogen) atoms. The molecule has 0 aromatic heterocycles. The summed E-state index contributed by atoms with van der Waals surface area (Å²) in [5, 5.41) is 13.8. The average Bonchev–Trinajstić information content (AvgIpc) is 2.48. The first-order valence-electron chi connectivity index (χ1n) is 6.47. The molecular weight excluding hydrogens is 309 g/mol. The van der Waals surface area contributed by atoms with Gasteiger partial charge in [0.15, 0.2) is 0 Å². The van der Waals surface area contributed by atoms with E-state index in [1.165, 1.54) is 0 Å². The molecule has 2 aromatic rings. The van der Waals surface area contributed by atoms with Gasteiger partial charge in [0.1, 0.15) is 5.75 Å². The molecule has 0 bridgehead atoms. The van der Waals surface area contributed by atoms with Crippen LogP contribution in [0, 0.1) is 0 Å². The minimum atomic E-state index is -0.509. The lowest BCUT2D eigenvalue weighted by atomic mass is 10.1. The van der Waals surface area contributed by atoms with Crippen LogP contribution in [-0.4, -0.2) is 18.8 Å². The quantitative estimate of drug-likeness (QED) is 0.851. The van der Waals surface area contributed by atoms with Crippen molar-refractivity contribution >= 4 is 24.0 Å². The standard InChI is InChI=1S/C16H18ClNO2.ClH/c1-20-16-8-7-12(9-14(16)17)10-18-11-15(19)13-5-3-2-4-6-13;/h2-9,15,18-19H,10-11H2,1H3;1H. The third kappa shape index (κ3) is 5.21. The molecular formula is C16H19Cl2NO2. The van der Waals surface area contributed by atoms with Crippen LogP contribution in [0.2, 0.25) is 5.02 Å². The summed E-state index contributed by atoms with van der Waals surface area (Å²) in [6.45, 7) is 1.14. The summed E-state index contributed by atoms with van der Waals surface area (Å²) in [7, 11) is 1.59. The number of nitrogens with one attached hydrogen (secondary N) is 1. The summed E-state index contributed by atoms with van der Waals surface area (Å²) < 4.78 is 5.11. The molecule has 2 N–H and O–H groups in total. The molecule has 2 aromatic carbocycles. The molecule has 0 aliphatic rings. The van der Waals surface area contributed by atoms with Crippen molar-refractivity contribution in [2.24, 2.45) is 0 Å². The van der Waals surface area contributed by atoms with Gasteiger partial charge < -0.3 is 15.2 Å². The summed E-state index contributed by atoms with van der Waals surface area (Å²) in [5.41, 5.74) is 1.96. The molecule has 0 aliphatic heterocycles. The van der Waals surface area contributed by atoms with Crippen LogP contribution in [0.4, 0.5) is 0 Å². The first-order valence-corrected chi connectivity index (χ1v) is 6.84. The Morgan fingerprint density at radius 2 is 1.90 bits per heavy atom. The molecule has 0 aliphatic carbocycles. The maximum Gasteiger partial charge on any atom is 0.137 e. The Hall–Kier alpha value is -1.26. The van der Waals surface area contributed by atoms with Crippen LogP contribution in [0.1, 0.15) is 17.2 Å². The van der Waals surface area contributed by atoms with Crippen molar-refractivity contribution in [3.8, 4) is 5.75 Å². The highest BCUT2D eigenvalue weighted by Gasteiger charge is 2.06. The number of methoxy groups -OCH3 is 1. The van der Waals surface area contributed by atoms with Gasteiger partial charge in [0, 0.05) is 13.1 Å². The molecule has 3 nitrogen and oxygen atoms in total. The second kappa shape index (κ2) is 8.90. The topological polar surface area (TPSA) is 41.5 Å². The lowest BCUT2D eigenvalue weighted by Crippen LogP contribution is -2.21. The SMILES string of the molecule is COc1ccc(CNCC(O)c2ccccc2)cc1Cl.Cl. The fourth-order valence-electron chi connectivity index (χ4n) is 1.97. The summed E-state index contributed by atoms with van der Waals surface area (Å²) in [6, 6.07) is 15.3. The van der Waals surface area contributed by atoms with E-state index in [-0.39, 0.29) is 12.4 Å². The van der Waals surface area contributed by atoms with Crippen molar-refractivity contribution in [1.29, 1.82) is 0 Å². The highest BCUT2D eigenvalue weighted by molar-refractivity contribution is 6.32. The van der Waals surface area contributed by atoms with Gasteiger partial charge in [-0.2, -0.15) is 0 Å². The van der Waals surface area contributed by atoms with Gasteiger partial charge in [-0.3, -0.25) is 0 Å². The van der Waals surface area contributed by atoms with E-state index >= 15 is 0 Å². The molecule has 0 radical (unpaired) electrons. The van der Waals surface area contributed by atoms with Crippen LogP contribution in [-0.2, 0) is 6.54 Å². The Labute approximate surface area is 136 Å².